The molecule has 0 aromatic carbocycles. The molecule has 0 bridgehead atoms. The summed E-state index contributed by atoms with van der Waals surface area (Å²) >= 11 is 0. The normalized spacial score (nSPS) is 24.5. The maximum atomic E-state index is 12.7. The number of amides is 1. The molecule has 1 fully saturated rings. The number of nitrogens with one attached hydrogen (secondary N) is 1. The average molecular weight is 620 g/mol. The van der Waals surface area contributed by atoms with Crippen LogP contribution in [0.4, 0.5) is 0 Å². The van der Waals surface area contributed by atoms with Gasteiger partial charge in [0.15, 0.2) is 6.29 Å². The molecule has 7 N–H and O–H groups in total. The minimum absolute atomic E-state index is 0.272. The average Bonchev–Trinajstić information content (AvgIpc) is 3.00. The number of unbranched alkanes of at least 4 members (excludes halogenated alkanes) is 16. The summed E-state index contributed by atoms with van der Waals surface area (Å²) in [6, 6.07) is -0.979. The van der Waals surface area contributed by atoms with Crippen molar-refractivity contribution in [3.63, 3.8) is 0 Å². The molecule has 10 nitrogen and oxygen atoms in total. The Morgan fingerprint density at radius 3 is 1.72 bits per heavy atom. The molecule has 1 amide bonds. The van der Waals surface area contributed by atoms with Gasteiger partial charge < -0.3 is 45.4 Å². The zero-order valence-electron chi connectivity index (χ0n) is 27.1. The predicted molar refractivity (Wildman–Crippen MR) is 167 cm³/mol. The van der Waals surface area contributed by atoms with Crippen LogP contribution in [0.15, 0.2) is 0 Å². The van der Waals surface area contributed by atoms with Gasteiger partial charge in [-0.05, 0) is 12.8 Å². The molecular weight excluding hydrogens is 554 g/mol. The van der Waals surface area contributed by atoms with Gasteiger partial charge in [0, 0.05) is 6.42 Å². The van der Waals surface area contributed by atoms with Gasteiger partial charge in [-0.2, -0.15) is 0 Å². The fourth-order valence-corrected chi connectivity index (χ4v) is 5.61. The molecule has 0 aliphatic carbocycles. The third-order valence-corrected chi connectivity index (χ3v) is 8.55. The van der Waals surface area contributed by atoms with Crippen molar-refractivity contribution < 1.29 is 44.9 Å². The van der Waals surface area contributed by atoms with Gasteiger partial charge in [0.1, 0.15) is 30.5 Å². The topological polar surface area (TPSA) is 169 Å². The zero-order chi connectivity index (χ0) is 31.9. The molecule has 0 aromatic rings. The molecule has 10 heteroatoms. The molecular formula is C33H65NO9. The Balaban J connectivity index is 2.49. The molecule has 256 valence electrons. The first-order valence-electron chi connectivity index (χ1n) is 17.3. The molecule has 0 saturated carbocycles. The van der Waals surface area contributed by atoms with E-state index in [9.17, 15) is 35.4 Å². The second-order valence-corrected chi connectivity index (χ2v) is 12.5. The number of carbonyl (C=O) groups excluding carboxylic acids is 1. The Bertz CT molecular complexity index is 668. The molecule has 1 aliphatic rings. The quantitative estimate of drug-likeness (QED) is 0.0675. The smallest absolute Gasteiger partial charge is 0.220 e. The molecule has 43 heavy (non-hydrogen) atoms. The second kappa shape index (κ2) is 25.4. The number of hydrogen-bond acceptors (Lipinski definition) is 9. The van der Waals surface area contributed by atoms with E-state index in [1.165, 1.54) is 64.2 Å². The fraction of sp³-hybridized carbons (Fsp3) is 0.970. The number of aliphatic hydroxyl groups is 6. The van der Waals surface area contributed by atoms with E-state index in [4.69, 9.17) is 9.47 Å². The zero-order valence-corrected chi connectivity index (χ0v) is 27.1. The molecule has 0 aromatic heterocycles. The number of hydrogen-bond donors (Lipinski definition) is 7. The van der Waals surface area contributed by atoms with Gasteiger partial charge >= 0.3 is 0 Å². The fourth-order valence-electron chi connectivity index (χ4n) is 5.61. The number of carbonyl (C=O) groups is 1. The van der Waals surface area contributed by atoms with E-state index in [2.05, 4.69) is 19.2 Å². The van der Waals surface area contributed by atoms with Crippen LogP contribution in [0, 0.1) is 0 Å². The van der Waals surface area contributed by atoms with Crippen molar-refractivity contribution in [2.24, 2.45) is 0 Å². The maximum Gasteiger partial charge on any atom is 0.220 e. The summed E-state index contributed by atoms with van der Waals surface area (Å²) in [4.78, 5) is 12.7. The van der Waals surface area contributed by atoms with E-state index in [-0.39, 0.29) is 18.9 Å². The van der Waals surface area contributed by atoms with Crippen LogP contribution in [-0.2, 0) is 14.3 Å². The van der Waals surface area contributed by atoms with Gasteiger partial charge in [-0.15, -0.1) is 0 Å². The summed E-state index contributed by atoms with van der Waals surface area (Å²) in [5.74, 6) is -0.272. The lowest BCUT2D eigenvalue weighted by molar-refractivity contribution is -0.303. The third-order valence-electron chi connectivity index (χ3n) is 8.55. The maximum absolute atomic E-state index is 12.7. The molecule has 1 aliphatic heterocycles. The number of ether oxygens (including phenoxy) is 2. The SMILES string of the molecule is CCCCCCCCCCCCCCC[C@@H](O)[C@@H](O)[C@H](CO[C@H]1O[C@H](CO)[C@@H](O)[C@H](O)[C@H]1O)NC(=O)CCCCCCC. The Hall–Kier alpha value is -0.850. The van der Waals surface area contributed by atoms with Gasteiger partial charge in [-0.3, -0.25) is 4.79 Å². The van der Waals surface area contributed by atoms with Crippen molar-refractivity contribution in [1.82, 2.24) is 5.32 Å². The molecule has 1 saturated heterocycles. The summed E-state index contributed by atoms with van der Waals surface area (Å²) in [5.41, 5.74) is 0. The highest BCUT2D eigenvalue weighted by Gasteiger charge is 2.44. The van der Waals surface area contributed by atoms with Gasteiger partial charge in [0.25, 0.3) is 0 Å². The van der Waals surface area contributed by atoms with E-state index >= 15 is 0 Å². The van der Waals surface area contributed by atoms with Crippen LogP contribution in [0.3, 0.4) is 0 Å². The number of aliphatic hydroxyl groups excluding tert-OH is 6. The summed E-state index contributed by atoms with van der Waals surface area (Å²) in [6.07, 6.45) is 11.7. The highest BCUT2D eigenvalue weighted by atomic mass is 16.7. The van der Waals surface area contributed by atoms with Gasteiger partial charge in [-0.25, -0.2) is 0 Å². The highest BCUT2D eigenvalue weighted by molar-refractivity contribution is 5.76. The van der Waals surface area contributed by atoms with Crippen LogP contribution in [0.25, 0.3) is 0 Å². The van der Waals surface area contributed by atoms with Crippen LogP contribution in [0.2, 0.25) is 0 Å². The lowest BCUT2D eigenvalue weighted by atomic mass is 9.98. The summed E-state index contributed by atoms with van der Waals surface area (Å²) < 4.78 is 11.0. The first-order valence-corrected chi connectivity index (χ1v) is 17.3. The monoisotopic (exact) mass is 619 g/mol. The van der Waals surface area contributed by atoms with Gasteiger partial charge in [0.05, 0.1) is 25.4 Å². The van der Waals surface area contributed by atoms with E-state index in [1.807, 2.05) is 0 Å². The van der Waals surface area contributed by atoms with Crippen LogP contribution in [0.5, 0.6) is 0 Å². The molecule has 1 heterocycles. The Morgan fingerprint density at radius 1 is 0.721 bits per heavy atom. The van der Waals surface area contributed by atoms with Crippen molar-refractivity contribution in [2.45, 2.75) is 191 Å². The van der Waals surface area contributed by atoms with Crippen molar-refractivity contribution >= 4 is 5.91 Å². The van der Waals surface area contributed by atoms with Gasteiger partial charge in [-0.1, -0.05) is 123 Å². The molecule has 0 spiro atoms. The minimum Gasteiger partial charge on any atom is -0.394 e. The lowest BCUT2D eigenvalue weighted by Gasteiger charge is -2.40. The molecule has 1 rings (SSSR count). The first-order chi connectivity index (χ1) is 20.8. The highest BCUT2D eigenvalue weighted by Crippen LogP contribution is 2.23. The first kappa shape index (κ1) is 40.2. The lowest BCUT2D eigenvalue weighted by Crippen LogP contribution is -2.60. The standard InChI is InChI=1S/C33H65NO9/c1-3-5-7-9-10-11-12-13-14-15-16-18-19-21-26(36)29(38)25(34-28(37)22-20-17-8-6-4-2)24-42-33-32(41)31(40)30(39)27(23-35)43-33/h25-27,29-33,35-36,38-41H,3-24H2,1-2H3,(H,34,37)/t25-,26+,27+,29-,30+,31-,32+,33-/m0/s1. The molecule has 8 atom stereocenters. The van der Waals surface area contributed by atoms with E-state index < -0.39 is 55.6 Å². The van der Waals surface area contributed by atoms with Crippen molar-refractivity contribution in [2.75, 3.05) is 13.2 Å². The summed E-state index contributed by atoms with van der Waals surface area (Å²) in [5, 5.41) is 64.3. The number of rotatable bonds is 27. The predicted octanol–water partition coefficient (Wildman–Crippen LogP) is 3.85. The second-order valence-electron chi connectivity index (χ2n) is 12.5. The third kappa shape index (κ3) is 17.4. The largest absolute Gasteiger partial charge is 0.394 e. The van der Waals surface area contributed by atoms with E-state index in [0.717, 1.165) is 44.9 Å². The van der Waals surface area contributed by atoms with Crippen LogP contribution < -0.4 is 5.32 Å². The Morgan fingerprint density at radius 2 is 1.21 bits per heavy atom. The summed E-state index contributed by atoms with van der Waals surface area (Å²) in [7, 11) is 0. The van der Waals surface area contributed by atoms with Crippen molar-refractivity contribution in [3.05, 3.63) is 0 Å². The summed E-state index contributed by atoms with van der Waals surface area (Å²) in [6.45, 7) is 3.46. The van der Waals surface area contributed by atoms with Crippen LogP contribution >= 0.6 is 0 Å². The Labute approximate surface area is 260 Å². The van der Waals surface area contributed by atoms with Crippen LogP contribution in [0.1, 0.15) is 142 Å². The van der Waals surface area contributed by atoms with Crippen molar-refractivity contribution in [3.8, 4) is 0 Å². The molecule has 0 radical (unpaired) electrons. The van der Waals surface area contributed by atoms with E-state index in [0.29, 0.717) is 12.8 Å². The minimum atomic E-state index is -1.60. The van der Waals surface area contributed by atoms with Crippen LogP contribution in [-0.4, -0.2) is 98.7 Å². The Kier molecular flexibility index (Phi) is 23.7. The van der Waals surface area contributed by atoms with Crippen molar-refractivity contribution in [1.29, 1.82) is 0 Å². The molecule has 0 unspecified atom stereocenters. The van der Waals surface area contributed by atoms with Gasteiger partial charge in [0.2, 0.25) is 5.91 Å². The van der Waals surface area contributed by atoms with E-state index in [1.54, 1.807) is 0 Å².